The molecule has 0 radical (unpaired) electrons. The largest absolute Gasteiger partial charge is 0.451 e. The van der Waals surface area contributed by atoms with Crippen molar-refractivity contribution in [1.82, 2.24) is 20.4 Å². The molecule has 0 saturated carbocycles. The van der Waals surface area contributed by atoms with Gasteiger partial charge >= 0.3 is 5.97 Å². The number of esters is 1. The SMILES string of the molecule is NC1=NC2[C@H](CO)N=C(N)N3C[C@H](OC(=O)c4cccc5cn[nH]c45)C(O)(O)[C@]23N1. The Morgan fingerprint density at radius 2 is 2.13 bits per heavy atom. The van der Waals surface area contributed by atoms with Gasteiger partial charge in [0.25, 0.3) is 0 Å². The number of aliphatic hydroxyl groups excluding tert-OH is 1. The number of aromatic nitrogens is 2. The minimum Gasteiger partial charge on any atom is -0.451 e. The third-order valence-electron chi connectivity index (χ3n) is 5.88. The van der Waals surface area contributed by atoms with Crippen LogP contribution >= 0.6 is 0 Å². The van der Waals surface area contributed by atoms with Gasteiger partial charge in [0.05, 0.1) is 30.4 Å². The van der Waals surface area contributed by atoms with Crippen molar-refractivity contribution in [3.05, 3.63) is 30.0 Å². The van der Waals surface area contributed by atoms with Gasteiger partial charge in [-0.2, -0.15) is 5.10 Å². The molecule has 0 aliphatic carbocycles. The highest BCUT2D eigenvalue weighted by Gasteiger charge is 2.74. The summed E-state index contributed by atoms with van der Waals surface area (Å²) < 4.78 is 5.50. The smallest absolute Gasteiger partial charge is 0.340 e. The number of guanidine groups is 2. The second-order valence-electron chi connectivity index (χ2n) is 7.46. The molecular weight excluding hydrogens is 396 g/mol. The summed E-state index contributed by atoms with van der Waals surface area (Å²) in [6, 6.07) is 3.14. The van der Waals surface area contributed by atoms with Crippen molar-refractivity contribution in [2.45, 2.75) is 29.6 Å². The Morgan fingerprint density at radius 3 is 2.90 bits per heavy atom. The highest BCUT2D eigenvalue weighted by molar-refractivity contribution is 6.02. The Hall–Kier alpha value is -3.42. The number of benzene rings is 1. The summed E-state index contributed by atoms with van der Waals surface area (Å²) in [7, 11) is 0. The summed E-state index contributed by atoms with van der Waals surface area (Å²) in [4.78, 5) is 22.6. The molecule has 13 nitrogen and oxygen atoms in total. The summed E-state index contributed by atoms with van der Waals surface area (Å²) in [6.07, 6.45) is 0.133. The van der Waals surface area contributed by atoms with Gasteiger partial charge in [-0.15, -0.1) is 0 Å². The molecule has 1 fully saturated rings. The highest BCUT2D eigenvalue weighted by Crippen LogP contribution is 2.45. The molecule has 1 spiro atoms. The lowest BCUT2D eigenvalue weighted by molar-refractivity contribution is -0.257. The molecule has 4 atom stereocenters. The fourth-order valence-electron chi connectivity index (χ4n) is 4.50. The highest BCUT2D eigenvalue weighted by atomic mass is 16.6. The molecule has 0 amide bonds. The fraction of sp³-hybridized carbons (Fsp3) is 0.412. The first-order valence-corrected chi connectivity index (χ1v) is 9.20. The molecule has 0 bridgehead atoms. The van der Waals surface area contributed by atoms with Gasteiger partial charge < -0.3 is 41.7 Å². The lowest BCUT2D eigenvalue weighted by Gasteiger charge is -2.48. The number of nitrogens with one attached hydrogen (secondary N) is 2. The van der Waals surface area contributed by atoms with Crippen LogP contribution in [-0.4, -0.2) is 91.1 Å². The van der Waals surface area contributed by atoms with Crippen molar-refractivity contribution in [3.8, 4) is 0 Å². The average molecular weight is 416 g/mol. The Kier molecular flexibility index (Phi) is 3.75. The van der Waals surface area contributed by atoms with Crippen LogP contribution < -0.4 is 16.8 Å². The van der Waals surface area contributed by atoms with Crippen LogP contribution in [0.25, 0.3) is 10.9 Å². The molecule has 30 heavy (non-hydrogen) atoms. The first-order chi connectivity index (χ1) is 14.3. The minimum atomic E-state index is -2.66. The number of rotatable bonds is 3. The van der Waals surface area contributed by atoms with Crippen LogP contribution in [0.2, 0.25) is 0 Å². The molecule has 1 unspecified atom stereocenters. The molecular formula is C17H20N8O5. The Labute approximate surface area is 169 Å². The summed E-state index contributed by atoms with van der Waals surface area (Å²) in [5, 5.41) is 42.1. The van der Waals surface area contributed by atoms with E-state index in [1.54, 1.807) is 18.3 Å². The molecule has 3 aliphatic rings. The number of carbonyl (C=O) groups excluding carboxylic acids is 1. The number of ether oxygens (including phenoxy) is 1. The van der Waals surface area contributed by atoms with E-state index in [9.17, 15) is 20.1 Å². The van der Waals surface area contributed by atoms with Crippen LogP contribution in [-0.2, 0) is 4.74 Å². The molecule has 158 valence electrons. The summed E-state index contributed by atoms with van der Waals surface area (Å²) >= 11 is 0. The number of nitrogens with zero attached hydrogens (tertiary/aromatic N) is 4. The molecule has 1 aromatic carbocycles. The van der Waals surface area contributed by atoms with Gasteiger partial charge in [0.1, 0.15) is 12.1 Å². The molecule has 4 heterocycles. The maximum atomic E-state index is 12.9. The predicted octanol–water partition coefficient (Wildman–Crippen LogP) is -3.24. The maximum Gasteiger partial charge on any atom is 0.340 e. The number of nitrogens with two attached hydrogens (primary N) is 2. The summed E-state index contributed by atoms with van der Waals surface area (Å²) in [6.45, 7) is -0.626. The van der Waals surface area contributed by atoms with E-state index in [1.807, 2.05) is 0 Å². The van der Waals surface area contributed by atoms with Crippen molar-refractivity contribution < 1.29 is 24.9 Å². The van der Waals surface area contributed by atoms with Crippen LogP contribution in [0.15, 0.2) is 34.4 Å². The van der Waals surface area contributed by atoms with Gasteiger partial charge in [0, 0.05) is 5.39 Å². The monoisotopic (exact) mass is 416 g/mol. The summed E-state index contributed by atoms with van der Waals surface area (Å²) in [5.74, 6) is -3.58. The van der Waals surface area contributed by atoms with Gasteiger partial charge in [-0.05, 0) is 6.07 Å². The quantitative estimate of drug-likeness (QED) is 0.196. The van der Waals surface area contributed by atoms with E-state index < -0.39 is 42.2 Å². The van der Waals surface area contributed by atoms with Crippen molar-refractivity contribution in [1.29, 1.82) is 0 Å². The zero-order chi connectivity index (χ0) is 21.3. The molecule has 1 aromatic heterocycles. The molecule has 13 heteroatoms. The molecule has 1 saturated heterocycles. The van der Waals surface area contributed by atoms with Gasteiger partial charge in [0.15, 0.2) is 23.7 Å². The average Bonchev–Trinajstić information content (AvgIpc) is 3.37. The molecule has 3 aliphatic heterocycles. The fourth-order valence-corrected chi connectivity index (χ4v) is 4.50. The molecule has 9 N–H and O–H groups in total. The van der Waals surface area contributed by atoms with Crippen molar-refractivity contribution in [2.24, 2.45) is 21.5 Å². The summed E-state index contributed by atoms with van der Waals surface area (Å²) in [5.41, 5.74) is 10.7. The first kappa shape index (κ1) is 18.6. The third-order valence-corrected chi connectivity index (χ3v) is 5.88. The van der Waals surface area contributed by atoms with E-state index >= 15 is 0 Å². The first-order valence-electron chi connectivity index (χ1n) is 9.20. The zero-order valence-electron chi connectivity index (χ0n) is 15.6. The van der Waals surface area contributed by atoms with Crippen LogP contribution in [0.3, 0.4) is 0 Å². The Balaban J connectivity index is 1.51. The van der Waals surface area contributed by atoms with Crippen LogP contribution in [0.1, 0.15) is 10.4 Å². The number of aromatic amines is 1. The van der Waals surface area contributed by atoms with Crippen molar-refractivity contribution in [2.75, 3.05) is 13.2 Å². The lowest BCUT2D eigenvalue weighted by atomic mass is 9.86. The van der Waals surface area contributed by atoms with Crippen LogP contribution in [0, 0.1) is 0 Å². The van der Waals surface area contributed by atoms with E-state index in [1.165, 1.54) is 11.0 Å². The van der Waals surface area contributed by atoms with Crippen LogP contribution in [0.5, 0.6) is 0 Å². The predicted molar refractivity (Wildman–Crippen MR) is 103 cm³/mol. The van der Waals surface area contributed by atoms with E-state index in [0.717, 1.165) is 0 Å². The molecule has 5 rings (SSSR count). The standard InChI is InChI=1S/C17H20N8O5/c18-14-22-12-9(6-26)21-15(19)25-5-10(17(28,29)16(12,25)23-14)30-13(27)8-3-1-2-7-4-20-24-11(7)8/h1-4,9-10,12,26,28-29H,5-6H2,(H2,19,21)(H,20,24)(H3,18,22,23)/t9-,10-,12?,16-/m0/s1. The number of hydrogen-bond acceptors (Lipinski definition) is 12. The van der Waals surface area contributed by atoms with Crippen LogP contribution in [0.4, 0.5) is 0 Å². The van der Waals surface area contributed by atoms with Gasteiger partial charge in [-0.3, -0.25) is 5.10 Å². The van der Waals surface area contributed by atoms with E-state index in [0.29, 0.717) is 10.9 Å². The van der Waals surface area contributed by atoms with Crippen molar-refractivity contribution >= 4 is 28.8 Å². The van der Waals surface area contributed by atoms with Gasteiger partial charge in [0.2, 0.25) is 5.79 Å². The normalized spacial score (nSPS) is 31.6. The van der Waals surface area contributed by atoms with Crippen molar-refractivity contribution in [3.63, 3.8) is 0 Å². The minimum absolute atomic E-state index is 0.0654. The number of para-hydroxylation sites is 1. The maximum absolute atomic E-state index is 12.9. The number of aliphatic hydroxyl groups is 3. The van der Waals surface area contributed by atoms with E-state index in [2.05, 4.69) is 25.5 Å². The number of aliphatic imine (C=N–C) groups is 2. The van der Waals surface area contributed by atoms with E-state index in [4.69, 9.17) is 16.2 Å². The third kappa shape index (κ3) is 2.21. The number of H-pyrrole nitrogens is 1. The second kappa shape index (κ2) is 6.04. The number of carbonyl (C=O) groups is 1. The second-order valence-corrected chi connectivity index (χ2v) is 7.46. The lowest BCUT2D eigenvalue weighted by Crippen LogP contribution is -2.77. The van der Waals surface area contributed by atoms with E-state index in [-0.39, 0.29) is 24.0 Å². The number of fused-ring (bicyclic) bond motifs is 1. The molecule has 2 aromatic rings. The topological polar surface area (TPSA) is 208 Å². The zero-order valence-corrected chi connectivity index (χ0v) is 15.6. The Bertz CT molecular complexity index is 1100. The Morgan fingerprint density at radius 1 is 1.33 bits per heavy atom. The number of hydrogen-bond donors (Lipinski definition) is 7. The van der Waals surface area contributed by atoms with Gasteiger partial charge in [-0.25, -0.2) is 14.8 Å². The van der Waals surface area contributed by atoms with Gasteiger partial charge in [-0.1, -0.05) is 12.1 Å².